The van der Waals surface area contributed by atoms with Crippen molar-refractivity contribution in [3.05, 3.63) is 24.3 Å². The molecule has 17 heavy (non-hydrogen) atoms. The van der Waals surface area contributed by atoms with E-state index in [0.29, 0.717) is 5.75 Å². The molecule has 0 fully saturated rings. The normalized spacial score (nSPS) is 11.4. The van der Waals surface area contributed by atoms with Gasteiger partial charge < -0.3 is 4.74 Å². The Bertz CT molecular complexity index is 435. The minimum absolute atomic E-state index is 0. The molecule has 0 saturated heterocycles. The number of sulfonamides is 1. The molecular formula is C12H21NO3S. The van der Waals surface area contributed by atoms with E-state index in [1.807, 2.05) is 13.8 Å². The van der Waals surface area contributed by atoms with Crippen molar-refractivity contribution in [3.63, 3.8) is 0 Å². The Labute approximate surface area is 104 Å². The molecule has 0 aromatic heterocycles. The Morgan fingerprint density at radius 2 is 1.59 bits per heavy atom. The highest BCUT2D eigenvalue weighted by molar-refractivity contribution is 7.89. The van der Waals surface area contributed by atoms with E-state index in [1.165, 1.54) is 18.4 Å². The largest absolute Gasteiger partial charge is 0.491 e. The molecular weight excluding hydrogens is 238 g/mol. The summed E-state index contributed by atoms with van der Waals surface area (Å²) in [6.07, 6.45) is 0.0799. The third-order valence-electron chi connectivity index (χ3n) is 1.97. The molecule has 0 spiro atoms. The topological polar surface area (TPSA) is 46.6 Å². The first kappa shape index (κ1) is 15.9. The molecule has 0 unspecified atom stereocenters. The van der Waals surface area contributed by atoms with Crippen molar-refractivity contribution in [2.75, 3.05) is 14.1 Å². The van der Waals surface area contributed by atoms with Gasteiger partial charge in [-0.05, 0) is 38.1 Å². The maximum Gasteiger partial charge on any atom is 0.242 e. The van der Waals surface area contributed by atoms with Crippen LogP contribution in [0.1, 0.15) is 21.3 Å². The molecule has 0 aliphatic rings. The third kappa shape index (κ3) is 4.02. The lowest BCUT2D eigenvalue weighted by Gasteiger charge is -2.13. The second-order valence-corrected chi connectivity index (χ2v) is 6.08. The zero-order valence-corrected chi connectivity index (χ0v) is 10.8. The average Bonchev–Trinajstić information content (AvgIpc) is 2.17. The molecule has 0 aliphatic heterocycles. The zero-order valence-electron chi connectivity index (χ0n) is 9.97. The molecule has 5 heteroatoms. The number of rotatable bonds is 4. The average molecular weight is 259 g/mol. The summed E-state index contributed by atoms with van der Waals surface area (Å²) < 4.78 is 30.1. The smallest absolute Gasteiger partial charge is 0.242 e. The molecule has 0 heterocycles. The van der Waals surface area contributed by atoms with Crippen LogP contribution in [0.4, 0.5) is 0 Å². The van der Waals surface area contributed by atoms with Crippen LogP contribution in [0.25, 0.3) is 0 Å². The van der Waals surface area contributed by atoms with Gasteiger partial charge in [0.2, 0.25) is 10.0 Å². The van der Waals surface area contributed by atoms with Gasteiger partial charge in [-0.25, -0.2) is 12.7 Å². The van der Waals surface area contributed by atoms with Gasteiger partial charge in [0.05, 0.1) is 11.0 Å². The number of hydrogen-bond acceptors (Lipinski definition) is 3. The van der Waals surface area contributed by atoms with Crippen LogP contribution in [0.15, 0.2) is 29.2 Å². The Morgan fingerprint density at radius 1 is 1.12 bits per heavy atom. The van der Waals surface area contributed by atoms with Crippen LogP contribution in [0.2, 0.25) is 0 Å². The molecule has 0 N–H and O–H groups in total. The molecule has 0 atom stereocenters. The lowest BCUT2D eigenvalue weighted by molar-refractivity contribution is 0.242. The minimum Gasteiger partial charge on any atom is -0.491 e. The molecule has 0 saturated carbocycles. The van der Waals surface area contributed by atoms with Crippen molar-refractivity contribution < 1.29 is 13.2 Å². The van der Waals surface area contributed by atoms with Crippen molar-refractivity contribution in [1.82, 2.24) is 4.31 Å². The second-order valence-electron chi connectivity index (χ2n) is 3.93. The molecule has 98 valence electrons. The molecule has 0 amide bonds. The molecule has 1 rings (SSSR count). The van der Waals surface area contributed by atoms with Gasteiger partial charge in [0.15, 0.2) is 0 Å². The van der Waals surface area contributed by atoms with Gasteiger partial charge in [0, 0.05) is 14.1 Å². The van der Waals surface area contributed by atoms with Crippen molar-refractivity contribution in [2.24, 2.45) is 0 Å². The SMILES string of the molecule is C.CC(C)Oc1ccc(S(=O)(=O)N(C)C)cc1. The number of benzene rings is 1. The summed E-state index contributed by atoms with van der Waals surface area (Å²) in [7, 11) is -0.329. The summed E-state index contributed by atoms with van der Waals surface area (Å²) in [5.41, 5.74) is 0. The van der Waals surface area contributed by atoms with E-state index < -0.39 is 10.0 Å². The van der Waals surface area contributed by atoms with Crippen molar-refractivity contribution >= 4 is 10.0 Å². The Kier molecular flexibility index (Phi) is 5.64. The predicted molar refractivity (Wildman–Crippen MR) is 69.8 cm³/mol. The predicted octanol–water partition coefficient (Wildman–Crippen LogP) is 2.36. The summed E-state index contributed by atoms with van der Waals surface area (Å²) in [6, 6.07) is 6.42. The van der Waals surface area contributed by atoms with Crippen LogP contribution in [0.5, 0.6) is 5.75 Å². The van der Waals surface area contributed by atoms with E-state index >= 15 is 0 Å². The van der Waals surface area contributed by atoms with Crippen LogP contribution in [-0.4, -0.2) is 32.9 Å². The molecule has 1 aromatic rings. The number of nitrogens with zero attached hydrogens (tertiary/aromatic N) is 1. The van der Waals surface area contributed by atoms with E-state index in [4.69, 9.17) is 4.74 Å². The van der Waals surface area contributed by atoms with Gasteiger partial charge in [-0.15, -0.1) is 0 Å². The fourth-order valence-electron chi connectivity index (χ4n) is 1.17. The first-order valence-electron chi connectivity index (χ1n) is 5.03. The van der Waals surface area contributed by atoms with Gasteiger partial charge in [-0.1, -0.05) is 7.43 Å². The lowest BCUT2D eigenvalue weighted by atomic mass is 10.3. The fraction of sp³-hybridized carbons (Fsp3) is 0.500. The second kappa shape index (κ2) is 6.02. The molecule has 0 bridgehead atoms. The summed E-state index contributed by atoms with van der Waals surface area (Å²) in [6.45, 7) is 3.84. The molecule has 1 aromatic carbocycles. The highest BCUT2D eigenvalue weighted by atomic mass is 32.2. The Morgan fingerprint density at radius 3 is 1.94 bits per heavy atom. The standard InChI is InChI=1S/C11H17NO3S.CH4/c1-9(2)15-10-5-7-11(8-6-10)16(13,14)12(3)4;/h5-9H,1-4H3;1H4. The number of ether oxygens (including phenoxy) is 1. The van der Waals surface area contributed by atoms with E-state index in [-0.39, 0.29) is 18.4 Å². The zero-order chi connectivity index (χ0) is 12.3. The highest BCUT2D eigenvalue weighted by Gasteiger charge is 2.16. The lowest BCUT2D eigenvalue weighted by Crippen LogP contribution is -2.22. The van der Waals surface area contributed by atoms with Gasteiger partial charge >= 0.3 is 0 Å². The fourth-order valence-corrected chi connectivity index (χ4v) is 2.07. The minimum atomic E-state index is -3.34. The molecule has 0 aliphatic carbocycles. The van der Waals surface area contributed by atoms with Crippen LogP contribution in [0.3, 0.4) is 0 Å². The molecule has 4 nitrogen and oxygen atoms in total. The Balaban J connectivity index is 0.00000256. The Hall–Kier alpha value is -1.07. The first-order chi connectivity index (χ1) is 7.34. The van der Waals surface area contributed by atoms with Crippen LogP contribution >= 0.6 is 0 Å². The summed E-state index contributed by atoms with van der Waals surface area (Å²) in [5, 5.41) is 0. The van der Waals surface area contributed by atoms with Gasteiger partial charge in [-0.2, -0.15) is 0 Å². The molecule has 0 radical (unpaired) electrons. The maximum atomic E-state index is 11.8. The van der Waals surface area contributed by atoms with Gasteiger partial charge in [0.25, 0.3) is 0 Å². The van der Waals surface area contributed by atoms with Gasteiger partial charge in [0.1, 0.15) is 5.75 Å². The number of hydrogen-bond donors (Lipinski definition) is 0. The quantitative estimate of drug-likeness (QED) is 0.834. The van der Waals surface area contributed by atoms with Crippen molar-refractivity contribution in [1.29, 1.82) is 0 Å². The van der Waals surface area contributed by atoms with E-state index in [1.54, 1.807) is 24.3 Å². The monoisotopic (exact) mass is 259 g/mol. The van der Waals surface area contributed by atoms with E-state index in [0.717, 1.165) is 0 Å². The first-order valence-corrected chi connectivity index (χ1v) is 6.47. The van der Waals surface area contributed by atoms with Crippen LogP contribution in [0, 0.1) is 0 Å². The highest BCUT2D eigenvalue weighted by Crippen LogP contribution is 2.18. The van der Waals surface area contributed by atoms with E-state index in [2.05, 4.69) is 0 Å². The summed E-state index contributed by atoms with van der Waals surface area (Å²) >= 11 is 0. The summed E-state index contributed by atoms with van der Waals surface area (Å²) in [5.74, 6) is 0.674. The third-order valence-corrected chi connectivity index (χ3v) is 3.80. The summed E-state index contributed by atoms with van der Waals surface area (Å²) in [4.78, 5) is 0.272. The van der Waals surface area contributed by atoms with Crippen LogP contribution in [-0.2, 0) is 10.0 Å². The maximum absolute atomic E-state index is 11.8. The van der Waals surface area contributed by atoms with Crippen LogP contribution < -0.4 is 4.74 Å². The van der Waals surface area contributed by atoms with Gasteiger partial charge in [-0.3, -0.25) is 0 Å². The van der Waals surface area contributed by atoms with E-state index in [9.17, 15) is 8.42 Å². The van der Waals surface area contributed by atoms with Crippen molar-refractivity contribution in [2.45, 2.75) is 32.3 Å². The van der Waals surface area contributed by atoms with Crippen molar-refractivity contribution in [3.8, 4) is 5.75 Å².